The van der Waals surface area contributed by atoms with Crippen molar-refractivity contribution < 1.29 is 4.42 Å². The Morgan fingerprint density at radius 2 is 2.06 bits per heavy atom. The molecule has 0 saturated heterocycles. The van der Waals surface area contributed by atoms with Crippen molar-refractivity contribution in [2.24, 2.45) is 0 Å². The molecule has 2 aromatic rings. The van der Waals surface area contributed by atoms with Gasteiger partial charge in [-0.2, -0.15) is 5.26 Å². The summed E-state index contributed by atoms with van der Waals surface area (Å²) in [6, 6.07) is 12.8. The molecule has 1 aromatic carbocycles. The van der Waals surface area contributed by atoms with Crippen LogP contribution in [0.25, 0.3) is 0 Å². The fraction of sp³-hybridized carbons (Fsp3) is 0.0769. The Kier molecular flexibility index (Phi) is 3.94. The summed E-state index contributed by atoms with van der Waals surface area (Å²) in [4.78, 5) is 0. The summed E-state index contributed by atoms with van der Waals surface area (Å²) < 4.78 is 5.18. The molecule has 0 radical (unpaired) electrons. The van der Waals surface area contributed by atoms with Gasteiger partial charge in [0.2, 0.25) is 0 Å². The number of nitrogens with zero attached hydrogens (tertiary/aromatic N) is 1. The normalized spacial score (nSPS) is 9.50. The molecule has 18 heavy (non-hydrogen) atoms. The third kappa shape index (κ3) is 3.34. The van der Waals surface area contributed by atoms with Crippen molar-refractivity contribution in [2.45, 2.75) is 6.54 Å². The molecule has 0 fully saturated rings. The highest BCUT2D eigenvalue weighted by Gasteiger charge is 1.99. The topological polar surface area (TPSA) is 61.0 Å². The van der Waals surface area contributed by atoms with Crippen molar-refractivity contribution in [1.29, 1.82) is 5.26 Å². The van der Waals surface area contributed by atoms with Gasteiger partial charge in [0.25, 0.3) is 0 Å². The van der Waals surface area contributed by atoms with E-state index in [2.05, 4.69) is 16.7 Å². The molecule has 2 N–H and O–H groups in total. The second-order valence-corrected chi connectivity index (χ2v) is 3.98. The fourth-order valence-corrected chi connectivity index (χ4v) is 1.57. The maximum atomic E-state index is 8.68. The van der Waals surface area contributed by atoms with Crippen LogP contribution in [-0.4, -0.2) is 5.11 Å². The molecule has 0 amide bonds. The summed E-state index contributed by atoms with van der Waals surface area (Å²) in [6.07, 6.45) is 1.62. The fourth-order valence-electron chi connectivity index (χ4n) is 1.38. The summed E-state index contributed by atoms with van der Waals surface area (Å²) in [5, 5.41) is 15.2. The highest BCUT2D eigenvalue weighted by Crippen LogP contribution is 2.08. The molecule has 0 aliphatic heterocycles. The number of anilines is 1. The smallest absolute Gasteiger partial charge is 0.171 e. The van der Waals surface area contributed by atoms with Crippen LogP contribution in [0.4, 0.5) is 5.69 Å². The summed E-state index contributed by atoms with van der Waals surface area (Å²) >= 11 is 5.14. The van der Waals surface area contributed by atoms with Gasteiger partial charge < -0.3 is 15.1 Å². The lowest BCUT2D eigenvalue weighted by atomic mass is 10.2. The standard InChI is InChI=1S/C13H11N3OS/c14-8-10-3-5-11(6-4-10)16-13(18)15-9-12-2-1-7-17-12/h1-7H,9H2,(H2,15,16,18). The molecule has 0 atom stereocenters. The average Bonchev–Trinajstić information content (AvgIpc) is 2.90. The number of furan rings is 1. The zero-order valence-electron chi connectivity index (χ0n) is 9.51. The highest BCUT2D eigenvalue weighted by molar-refractivity contribution is 7.80. The van der Waals surface area contributed by atoms with E-state index in [9.17, 15) is 0 Å². The Balaban J connectivity index is 1.85. The van der Waals surface area contributed by atoms with Crippen molar-refractivity contribution in [2.75, 3.05) is 5.32 Å². The lowest BCUT2D eigenvalue weighted by Gasteiger charge is -2.09. The zero-order valence-corrected chi connectivity index (χ0v) is 10.3. The van der Waals surface area contributed by atoms with Crippen molar-refractivity contribution in [1.82, 2.24) is 5.32 Å². The molecule has 0 unspecified atom stereocenters. The van der Waals surface area contributed by atoms with E-state index in [0.29, 0.717) is 17.2 Å². The maximum Gasteiger partial charge on any atom is 0.171 e. The number of hydrogen-bond acceptors (Lipinski definition) is 3. The minimum absolute atomic E-state index is 0.510. The minimum Gasteiger partial charge on any atom is -0.467 e. The van der Waals surface area contributed by atoms with Crippen LogP contribution in [-0.2, 0) is 6.54 Å². The largest absolute Gasteiger partial charge is 0.467 e. The molecule has 1 heterocycles. The van der Waals surface area contributed by atoms with Gasteiger partial charge in [-0.1, -0.05) is 0 Å². The predicted octanol–water partition coefficient (Wildman–Crippen LogP) is 2.64. The summed E-state index contributed by atoms with van der Waals surface area (Å²) in [6.45, 7) is 0.537. The summed E-state index contributed by atoms with van der Waals surface area (Å²) in [5.41, 5.74) is 1.46. The van der Waals surface area contributed by atoms with E-state index in [4.69, 9.17) is 21.9 Å². The number of nitriles is 1. The molecule has 0 aliphatic carbocycles. The van der Waals surface area contributed by atoms with Crippen LogP contribution in [0.5, 0.6) is 0 Å². The van der Waals surface area contributed by atoms with Gasteiger partial charge in [-0.15, -0.1) is 0 Å². The molecule has 0 saturated carbocycles. The first-order valence-corrected chi connectivity index (χ1v) is 5.76. The van der Waals surface area contributed by atoms with E-state index >= 15 is 0 Å². The van der Waals surface area contributed by atoms with Crippen LogP contribution < -0.4 is 10.6 Å². The van der Waals surface area contributed by atoms with Crippen molar-refractivity contribution in [3.8, 4) is 6.07 Å². The lowest BCUT2D eigenvalue weighted by molar-refractivity contribution is 0.503. The van der Waals surface area contributed by atoms with Crippen LogP contribution >= 0.6 is 12.2 Å². The van der Waals surface area contributed by atoms with E-state index in [1.165, 1.54) is 0 Å². The first kappa shape index (κ1) is 12.1. The van der Waals surface area contributed by atoms with E-state index in [-0.39, 0.29) is 0 Å². The molecule has 1 aromatic heterocycles. The van der Waals surface area contributed by atoms with Crippen LogP contribution in [0.2, 0.25) is 0 Å². The number of nitrogens with one attached hydrogen (secondary N) is 2. The number of rotatable bonds is 3. The van der Waals surface area contributed by atoms with E-state index in [1.807, 2.05) is 12.1 Å². The van der Waals surface area contributed by atoms with Gasteiger partial charge in [0.1, 0.15) is 5.76 Å². The highest BCUT2D eigenvalue weighted by atomic mass is 32.1. The summed E-state index contributed by atoms with van der Waals surface area (Å²) in [7, 11) is 0. The van der Waals surface area contributed by atoms with E-state index < -0.39 is 0 Å². The Hall–Kier alpha value is -2.32. The van der Waals surface area contributed by atoms with Gasteiger partial charge in [-0.3, -0.25) is 0 Å². The van der Waals surface area contributed by atoms with Crippen LogP contribution in [0.3, 0.4) is 0 Å². The average molecular weight is 257 g/mol. The van der Waals surface area contributed by atoms with E-state index in [0.717, 1.165) is 11.4 Å². The molecule has 0 aliphatic rings. The monoisotopic (exact) mass is 257 g/mol. The molecule has 90 valence electrons. The summed E-state index contributed by atoms with van der Waals surface area (Å²) in [5.74, 6) is 0.818. The molecular weight excluding hydrogens is 246 g/mol. The van der Waals surface area contributed by atoms with Gasteiger partial charge in [-0.05, 0) is 48.6 Å². The van der Waals surface area contributed by atoms with Crippen LogP contribution in [0.15, 0.2) is 47.1 Å². The first-order chi connectivity index (χ1) is 8.78. The Morgan fingerprint density at radius 1 is 1.28 bits per heavy atom. The van der Waals surface area contributed by atoms with Crippen LogP contribution in [0, 0.1) is 11.3 Å². The predicted molar refractivity (Wildman–Crippen MR) is 72.9 cm³/mol. The molecule has 0 spiro atoms. The molecule has 4 nitrogen and oxygen atoms in total. The molecular formula is C13H11N3OS. The lowest BCUT2D eigenvalue weighted by Crippen LogP contribution is -2.27. The van der Waals surface area contributed by atoms with Crippen molar-refractivity contribution in [3.05, 3.63) is 54.0 Å². The Bertz CT molecular complexity index is 555. The van der Waals surface area contributed by atoms with E-state index in [1.54, 1.807) is 30.5 Å². The van der Waals surface area contributed by atoms with Crippen molar-refractivity contribution in [3.63, 3.8) is 0 Å². The van der Waals surface area contributed by atoms with Gasteiger partial charge >= 0.3 is 0 Å². The Labute approximate surface area is 110 Å². The second kappa shape index (κ2) is 5.84. The first-order valence-electron chi connectivity index (χ1n) is 5.35. The third-order valence-electron chi connectivity index (χ3n) is 2.28. The van der Waals surface area contributed by atoms with Gasteiger partial charge in [-0.25, -0.2) is 0 Å². The van der Waals surface area contributed by atoms with Crippen LogP contribution in [0.1, 0.15) is 11.3 Å². The van der Waals surface area contributed by atoms with Gasteiger partial charge in [0.15, 0.2) is 5.11 Å². The quantitative estimate of drug-likeness (QED) is 0.828. The number of thiocarbonyl (C=S) groups is 1. The third-order valence-corrected chi connectivity index (χ3v) is 2.52. The maximum absolute atomic E-state index is 8.68. The number of hydrogen-bond donors (Lipinski definition) is 2. The molecule has 5 heteroatoms. The Morgan fingerprint density at radius 3 is 2.67 bits per heavy atom. The SMILES string of the molecule is N#Cc1ccc(NC(=S)NCc2ccco2)cc1. The minimum atomic E-state index is 0.510. The van der Waals surface area contributed by atoms with Gasteiger partial charge in [0, 0.05) is 5.69 Å². The molecule has 2 rings (SSSR count). The van der Waals surface area contributed by atoms with Gasteiger partial charge in [0.05, 0.1) is 24.4 Å². The zero-order chi connectivity index (χ0) is 12.8. The second-order valence-electron chi connectivity index (χ2n) is 3.58. The number of benzene rings is 1. The van der Waals surface area contributed by atoms with Crippen molar-refractivity contribution >= 4 is 23.0 Å². The molecule has 0 bridgehead atoms.